The first-order chi connectivity index (χ1) is 9.26. The van der Waals surface area contributed by atoms with Gasteiger partial charge in [0.1, 0.15) is 17.3 Å². The second-order valence-electron chi connectivity index (χ2n) is 4.53. The first-order valence-corrected chi connectivity index (χ1v) is 6.12. The van der Waals surface area contributed by atoms with Crippen LogP contribution in [0.1, 0.15) is 11.1 Å². The lowest BCUT2D eigenvalue weighted by atomic mass is 10.1. The van der Waals surface area contributed by atoms with E-state index in [1.54, 1.807) is 6.08 Å². The van der Waals surface area contributed by atoms with Crippen LogP contribution in [0.2, 0.25) is 0 Å². The summed E-state index contributed by atoms with van der Waals surface area (Å²) in [5, 5.41) is 9.11. The number of hydrogen-bond donors (Lipinski definition) is 1. The van der Waals surface area contributed by atoms with Crippen molar-refractivity contribution < 1.29 is 14.2 Å². The van der Waals surface area contributed by atoms with Crippen LogP contribution in [0.4, 0.5) is 4.39 Å². The average molecular weight is 256 g/mol. The van der Waals surface area contributed by atoms with Crippen LogP contribution in [0.5, 0.6) is 11.5 Å². The largest absolute Gasteiger partial charge is 0.457 e. The average Bonchev–Trinajstić information content (AvgIpc) is 2.83. The van der Waals surface area contributed by atoms with Crippen LogP contribution < -0.4 is 4.74 Å². The molecule has 0 radical (unpaired) electrons. The lowest BCUT2D eigenvalue weighted by Crippen LogP contribution is -1.93. The monoisotopic (exact) mass is 256 g/mol. The number of benzene rings is 2. The number of halogens is 1. The molecule has 0 heterocycles. The Bertz CT molecular complexity index is 633. The van der Waals surface area contributed by atoms with Crippen molar-refractivity contribution in [1.82, 2.24) is 0 Å². The summed E-state index contributed by atoms with van der Waals surface area (Å²) in [6.07, 6.45) is 2.28. The minimum Gasteiger partial charge on any atom is -0.457 e. The molecule has 0 atom stereocenters. The second kappa shape index (κ2) is 4.86. The zero-order chi connectivity index (χ0) is 13.2. The van der Waals surface area contributed by atoms with Gasteiger partial charge in [-0.3, -0.25) is 0 Å². The van der Waals surface area contributed by atoms with E-state index in [1.165, 1.54) is 6.07 Å². The fraction of sp³-hybridized carbons (Fsp3) is 0.125. The van der Waals surface area contributed by atoms with E-state index in [9.17, 15) is 4.39 Å². The number of para-hydroxylation sites is 1. The van der Waals surface area contributed by atoms with Crippen LogP contribution in [-0.4, -0.2) is 11.7 Å². The summed E-state index contributed by atoms with van der Waals surface area (Å²) >= 11 is 0. The standard InChI is InChI=1S/C16H13FO2/c17-16-9-14(19-13-4-2-1-3-5-13)8-12-6-11(10-18)7-15(12)16/h1-5,7-9,18H,6,10H2. The molecule has 0 bridgehead atoms. The molecule has 0 aliphatic heterocycles. The molecule has 1 aliphatic carbocycles. The van der Waals surface area contributed by atoms with Crippen molar-refractivity contribution in [2.75, 3.05) is 6.61 Å². The molecule has 19 heavy (non-hydrogen) atoms. The number of fused-ring (bicyclic) bond motifs is 1. The smallest absolute Gasteiger partial charge is 0.134 e. The molecule has 1 aliphatic rings. The van der Waals surface area contributed by atoms with Crippen molar-refractivity contribution in [3.05, 3.63) is 65.0 Å². The fourth-order valence-electron chi connectivity index (χ4n) is 2.24. The topological polar surface area (TPSA) is 29.5 Å². The maximum atomic E-state index is 14.0. The van der Waals surface area contributed by atoms with Gasteiger partial charge >= 0.3 is 0 Å². The minimum atomic E-state index is -0.313. The Labute approximate surface area is 110 Å². The predicted octanol–water partition coefficient (Wildman–Crippen LogP) is 3.55. The molecule has 96 valence electrons. The van der Waals surface area contributed by atoms with E-state index in [0.29, 0.717) is 23.5 Å². The highest BCUT2D eigenvalue weighted by Gasteiger charge is 2.17. The molecule has 0 unspecified atom stereocenters. The molecular weight excluding hydrogens is 243 g/mol. The highest BCUT2D eigenvalue weighted by molar-refractivity contribution is 5.65. The van der Waals surface area contributed by atoms with Crippen molar-refractivity contribution in [2.45, 2.75) is 6.42 Å². The third-order valence-corrected chi connectivity index (χ3v) is 3.14. The van der Waals surface area contributed by atoms with Gasteiger partial charge < -0.3 is 9.84 Å². The molecule has 1 N–H and O–H groups in total. The molecule has 0 fully saturated rings. The molecule has 2 nitrogen and oxygen atoms in total. The van der Waals surface area contributed by atoms with Crippen molar-refractivity contribution in [3.63, 3.8) is 0 Å². The minimum absolute atomic E-state index is 0.0387. The molecule has 3 rings (SSSR count). The van der Waals surface area contributed by atoms with Crippen LogP contribution in [-0.2, 0) is 6.42 Å². The van der Waals surface area contributed by atoms with E-state index in [-0.39, 0.29) is 12.4 Å². The molecule has 0 saturated heterocycles. The molecule has 0 spiro atoms. The second-order valence-corrected chi connectivity index (χ2v) is 4.53. The summed E-state index contributed by atoms with van der Waals surface area (Å²) in [7, 11) is 0. The maximum Gasteiger partial charge on any atom is 0.134 e. The number of ether oxygens (including phenoxy) is 1. The molecule has 0 saturated carbocycles. The van der Waals surface area contributed by atoms with Crippen molar-refractivity contribution >= 4 is 6.08 Å². The van der Waals surface area contributed by atoms with Gasteiger partial charge in [0.15, 0.2) is 0 Å². The van der Waals surface area contributed by atoms with Crippen molar-refractivity contribution in [2.24, 2.45) is 0 Å². The first-order valence-electron chi connectivity index (χ1n) is 6.12. The van der Waals surface area contributed by atoms with E-state index in [0.717, 1.165) is 11.1 Å². The van der Waals surface area contributed by atoms with E-state index in [1.807, 2.05) is 36.4 Å². The Kier molecular flexibility index (Phi) is 3.05. The lowest BCUT2D eigenvalue weighted by Gasteiger charge is -2.08. The summed E-state index contributed by atoms with van der Waals surface area (Å²) in [5.74, 6) is 0.845. The first kappa shape index (κ1) is 11.9. The van der Waals surface area contributed by atoms with Crippen molar-refractivity contribution in [1.29, 1.82) is 0 Å². The zero-order valence-corrected chi connectivity index (χ0v) is 10.3. The normalized spacial score (nSPS) is 13.1. The van der Waals surface area contributed by atoms with Gasteiger partial charge in [0.05, 0.1) is 6.61 Å². The van der Waals surface area contributed by atoms with Gasteiger partial charge in [-0.2, -0.15) is 0 Å². The Balaban J connectivity index is 1.90. The Morgan fingerprint density at radius 1 is 1.11 bits per heavy atom. The number of aliphatic hydroxyl groups is 1. The van der Waals surface area contributed by atoms with Gasteiger partial charge in [0.25, 0.3) is 0 Å². The van der Waals surface area contributed by atoms with Gasteiger partial charge in [0, 0.05) is 11.6 Å². The van der Waals surface area contributed by atoms with E-state index < -0.39 is 0 Å². The third-order valence-electron chi connectivity index (χ3n) is 3.14. The van der Waals surface area contributed by atoms with Crippen LogP contribution in [0.25, 0.3) is 6.08 Å². The summed E-state index contributed by atoms with van der Waals surface area (Å²) in [4.78, 5) is 0. The van der Waals surface area contributed by atoms with E-state index in [4.69, 9.17) is 9.84 Å². The van der Waals surface area contributed by atoms with E-state index >= 15 is 0 Å². The number of rotatable bonds is 3. The summed E-state index contributed by atoms with van der Waals surface area (Å²) in [5.41, 5.74) is 2.24. The molecule has 0 aromatic heterocycles. The van der Waals surface area contributed by atoms with Crippen LogP contribution >= 0.6 is 0 Å². The third kappa shape index (κ3) is 2.37. The van der Waals surface area contributed by atoms with E-state index in [2.05, 4.69) is 0 Å². The summed E-state index contributed by atoms with van der Waals surface area (Å²) in [6, 6.07) is 12.5. The Hall–Kier alpha value is -2.13. The van der Waals surface area contributed by atoms with Gasteiger partial charge in [-0.05, 0) is 41.8 Å². The highest BCUT2D eigenvalue weighted by atomic mass is 19.1. The van der Waals surface area contributed by atoms with Crippen LogP contribution in [0, 0.1) is 5.82 Å². The molecule has 3 heteroatoms. The molecule has 0 amide bonds. The van der Waals surface area contributed by atoms with Gasteiger partial charge in [-0.1, -0.05) is 18.2 Å². The Morgan fingerprint density at radius 2 is 1.89 bits per heavy atom. The predicted molar refractivity (Wildman–Crippen MR) is 71.7 cm³/mol. The quantitative estimate of drug-likeness (QED) is 0.910. The van der Waals surface area contributed by atoms with Crippen LogP contribution in [0.3, 0.4) is 0 Å². The van der Waals surface area contributed by atoms with Crippen LogP contribution in [0.15, 0.2) is 48.0 Å². The number of aliphatic hydroxyl groups excluding tert-OH is 1. The summed E-state index contributed by atoms with van der Waals surface area (Å²) < 4.78 is 19.6. The Morgan fingerprint density at radius 3 is 2.63 bits per heavy atom. The van der Waals surface area contributed by atoms with Gasteiger partial charge in [0.2, 0.25) is 0 Å². The number of hydrogen-bond acceptors (Lipinski definition) is 2. The van der Waals surface area contributed by atoms with Gasteiger partial charge in [-0.15, -0.1) is 0 Å². The molecule has 2 aromatic rings. The maximum absolute atomic E-state index is 14.0. The fourth-order valence-corrected chi connectivity index (χ4v) is 2.24. The summed E-state index contributed by atoms with van der Waals surface area (Å²) in [6.45, 7) is -0.0387. The molecule has 2 aromatic carbocycles. The SMILES string of the molecule is OCC1=Cc2c(F)cc(Oc3ccccc3)cc2C1. The lowest BCUT2D eigenvalue weighted by molar-refractivity contribution is 0.330. The molecular formula is C16H13FO2. The van der Waals surface area contributed by atoms with Crippen molar-refractivity contribution in [3.8, 4) is 11.5 Å². The zero-order valence-electron chi connectivity index (χ0n) is 10.3. The highest BCUT2D eigenvalue weighted by Crippen LogP contribution is 2.32. The van der Waals surface area contributed by atoms with Gasteiger partial charge in [-0.25, -0.2) is 4.39 Å².